The molecule has 8 nitrogen and oxygen atoms in total. The maximum absolute atomic E-state index is 13.9. The summed E-state index contributed by atoms with van der Waals surface area (Å²) in [5.41, 5.74) is 3.42. The average Bonchev–Trinajstić information content (AvgIpc) is 2.95. The lowest BCUT2D eigenvalue weighted by Crippen LogP contribution is -2.48. The van der Waals surface area contributed by atoms with Crippen LogP contribution >= 0.6 is 0 Å². The number of benzene rings is 2. The summed E-state index contributed by atoms with van der Waals surface area (Å²) in [5.74, 6) is -2.15. The van der Waals surface area contributed by atoms with Crippen LogP contribution in [0.1, 0.15) is 76.7 Å². The highest BCUT2D eigenvalue weighted by molar-refractivity contribution is 6.00. The molecule has 0 aliphatic carbocycles. The molecule has 0 fully saturated rings. The number of hydrogen-bond donors (Lipinski definition) is 3. The van der Waals surface area contributed by atoms with Crippen molar-refractivity contribution in [1.29, 1.82) is 0 Å². The van der Waals surface area contributed by atoms with E-state index >= 15 is 0 Å². The normalized spacial score (nSPS) is 12.5. The minimum atomic E-state index is -1.11. The highest BCUT2D eigenvalue weighted by Gasteiger charge is 2.24. The van der Waals surface area contributed by atoms with Gasteiger partial charge in [0, 0.05) is 43.4 Å². The minimum Gasteiger partial charge on any atom is -0.390 e. The monoisotopic (exact) mass is 581 g/mol. The molecule has 10 heteroatoms. The van der Waals surface area contributed by atoms with Crippen molar-refractivity contribution in [3.63, 3.8) is 0 Å². The number of aliphatic hydroxyl groups is 1. The van der Waals surface area contributed by atoms with Crippen molar-refractivity contribution in [1.82, 2.24) is 25.7 Å². The van der Waals surface area contributed by atoms with E-state index in [-0.39, 0.29) is 30.0 Å². The Morgan fingerprint density at radius 3 is 2.24 bits per heavy atom. The predicted molar refractivity (Wildman–Crippen MR) is 158 cm³/mol. The summed E-state index contributed by atoms with van der Waals surface area (Å²) in [7, 11) is 0. The quantitative estimate of drug-likeness (QED) is 0.246. The first-order valence-electron chi connectivity index (χ1n) is 14.5. The molecular formula is C32H41F2N5O3. The molecule has 0 radical (unpaired) electrons. The van der Waals surface area contributed by atoms with Gasteiger partial charge in [0.05, 0.1) is 24.0 Å². The van der Waals surface area contributed by atoms with Crippen LogP contribution in [-0.4, -0.2) is 63.8 Å². The molecule has 0 aliphatic heterocycles. The number of rotatable bonds is 15. The van der Waals surface area contributed by atoms with E-state index in [2.05, 4.69) is 20.8 Å². The molecular weight excluding hydrogens is 540 g/mol. The second kappa shape index (κ2) is 16.0. The SMILES string of the molecule is CCCN(CCC)C(=O)c1cc(C)cc(C(=O)N[C@@H](Cc2cc(F)cc(F)c2)[C@H](O)CNCc2cc(CC)cnn2)c1. The maximum Gasteiger partial charge on any atom is 0.253 e. The molecule has 0 bridgehead atoms. The van der Waals surface area contributed by atoms with Gasteiger partial charge in [-0.05, 0) is 85.7 Å². The molecule has 0 aliphatic rings. The third-order valence-electron chi connectivity index (χ3n) is 6.85. The van der Waals surface area contributed by atoms with E-state index in [1.54, 1.807) is 36.2 Å². The summed E-state index contributed by atoms with van der Waals surface area (Å²) >= 11 is 0. The van der Waals surface area contributed by atoms with Crippen molar-refractivity contribution in [3.05, 3.63) is 93.8 Å². The molecule has 3 aromatic rings. The van der Waals surface area contributed by atoms with E-state index < -0.39 is 29.7 Å². The number of aryl methyl sites for hydroxylation is 2. The summed E-state index contributed by atoms with van der Waals surface area (Å²) < 4.78 is 27.9. The second-order valence-corrected chi connectivity index (χ2v) is 10.5. The highest BCUT2D eigenvalue weighted by Crippen LogP contribution is 2.16. The Balaban J connectivity index is 1.80. The van der Waals surface area contributed by atoms with Crippen LogP contribution in [0.2, 0.25) is 0 Å². The molecule has 42 heavy (non-hydrogen) atoms. The number of carbonyl (C=O) groups is 2. The van der Waals surface area contributed by atoms with Crippen LogP contribution in [-0.2, 0) is 19.4 Å². The molecule has 0 spiro atoms. The van der Waals surface area contributed by atoms with Gasteiger partial charge in [0.2, 0.25) is 0 Å². The first-order chi connectivity index (χ1) is 20.1. The summed E-state index contributed by atoms with van der Waals surface area (Å²) in [6, 6.07) is 9.11. The lowest BCUT2D eigenvalue weighted by atomic mass is 9.99. The smallest absolute Gasteiger partial charge is 0.253 e. The number of carbonyl (C=O) groups excluding carboxylic acids is 2. The Bertz CT molecular complexity index is 1330. The van der Waals surface area contributed by atoms with Crippen molar-refractivity contribution in [2.45, 2.75) is 72.1 Å². The number of aromatic nitrogens is 2. The first-order valence-corrected chi connectivity index (χ1v) is 14.5. The largest absolute Gasteiger partial charge is 0.390 e. The Kier molecular flexibility index (Phi) is 12.5. The third kappa shape index (κ3) is 9.66. The maximum atomic E-state index is 13.9. The number of halogens is 2. The van der Waals surface area contributed by atoms with Gasteiger partial charge in [0.1, 0.15) is 11.6 Å². The number of amides is 2. The number of nitrogens with one attached hydrogen (secondary N) is 2. The summed E-state index contributed by atoms with van der Waals surface area (Å²) in [6.45, 7) is 9.46. The molecule has 226 valence electrons. The van der Waals surface area contributed by atoms with E-state index in [0.717, 1.165) is 36.5 Å². The van der Waals surface area contributed by atoms with Crippen molar-refractivity contribution in [2.24, 2.45) is 0 Å². The van der Waals surface area contributed by atoms with E-state index in [0.29, 0.717) is 30.9 Å². The molecule has 0 saturated carbocycles. The van der Waals surface area contributed by atoms with Gasteiger partial charge in [-0.1, -0.05) is 20.8 Å². The Labute approximate surface area is 246 Å². The van der Waals surface area contributed by atoms with Crippen molar-refractivity contribution in [3.8, 4) is 0 Å². The van der Waals surface area contributed by atoms with Crippen molar-refractivity contribution < 1.29 is 23.5 Å². The van der Waals surface area contributed by atoms with Crippen molar-refractivity contribution in [2.75, 3.05) is 19.6 Å². The van der Waals surface area contributed by atoms with Gasteiger partial charge in [-0.3, -0.25) is 9.59 Å². The summed E-state index contributed by atoms with van der Waals surface area (Å²) in [5, 5.41) is 25.1. The van der Waals surface area contributed by atoms with Crippen LogP contribution in [0, 0.1) is 18.6 Å². The molecule has 3 N–H and O–H groups in total. The van der Waals surface area contributed by atoms with E-state index in [1.165, 1.54) is 12.1 Å². The van der Waals surface area contributed by atoms with Gasteiger partial charge in [-0.25, -0.2) is 8.78 Å². The van der Waals surface area contributed by atoms with Gasteiger partial charge in [-0.15, -0.1) is 0 Å². The summed E-state index contributed by atoms with van der Waals surface area (Å²) in [4.78, 5) is 28.5. The zero-order valence-electron chi connectivity index (χ0n) is 24.8. The van der Waals surface area contributed by atoms with Crippen LogP contribution < -0.4 is 10.6 Å². The molecule has 2 amide bonds. The predicted octanol–water partition coefficient (Wildman–Crippen LogP) is 4.38. The molecule has 3 rings (SSSR count). The highest BCUT2D eigenvalue weighted by atomic mass is 19.1. The standard InChI is InChI=1S/C32H41F2N5O3/c1-5-8-39(9-6-2)32(42)25-11-21(4)10-24(16-25)31(41)37-29(15-23-12-26(33)17-27(34)13-23)30(40)20-35-19-28-14-22(7-3)18-36-38-28/h10-14,16-18,29-30,35,40H,5-9,15,19-20H2,1-4H3,(H,37,41)/t29-,30+/m0/s1. The van der Waals surface area contributed by atoms with Gasteiger partial charge in [0.15, 0.2) is 0 Å². The summed E-state index contributed by atoms with van der Waals surface area (Å²) in [6.07, 6.45) is 3.00. The fourth-order valence-electron chi connectivity index (χ4n) is 4.82. The topological polar surface area (TPSA) is 107 Å². The zero-order chi connectivity index (χ0) is 30.6. The molecule has 0 unspecified atom stereocenters. The fourth-order valence-corrected chi connectivity index (χ4v) is 4.82. The molecule has 1 heterocycles. The number of aliphatic hydroxyl groups excluding tert-OH is 1. The van der Waals surface area contributed by atoms with E-state index in [1.807, 2.05) is 26.8 Å². The molecule has 2 aromatic carbocycles. The van der Waals surface area contributed by atoms with Crippen LogP contribution in [0.15, 0.2) is 48.7 Å². The van der Waals surface area contributed by atoms with Gasteiger partial charge < -0.3 is 20.6 Å². The Morgan fingerprint density at radius 2 is 1.60 bits per heavy atom. The van der Waals surface area contributed by atoms with Gasteiger partial charge in [-0.2, -0.15) is 10.2 Å². The van der Waals surface area contributed by atoms with Crippen LogP contribution in [0.3, 0.4) is 0 Å². The minimum absolute atomic E-state index is 0.0211. The van der Waals surface area contributed by atoms with Crippen LogP contribution in [0.4, 0.5) is 8.78 Å². The van der Waals surface area contributed by atoms with Crippen LogP contribution in [0.25, 0.3) is 0 Å². The average molecular weight is 582 g/mol. The third-order valence-corrected chi connectivity index (χ3v) is 6.85. The lowest BCUT2D eigenvalue weighted by molar-refractivity contribution is 0.0755. The van der Waals surface area contributed by atoms with Crippen LogP contribution in [0.5, 0.6) is 0 Å². The number of nitrogens with zero attached hydrogens (tertiary/aromatic N) is 3. The lowest BCUT2D eigenvalue weighted by Gasteiger charge is -2.25. The van der Waals surface area contributed by atoms with Crippen molar-refractivity contribution >= 4 is 11.8 Å². The van der Waals surface area contributed by atoms with E-state index in [4.69, 9.17) is 0 Å². The zero-order valence-corrected chi connectivity index (χ0v) is 24.8. The number of hydrogen-bond acceptors (Lipinski definition) is 6. The molecule has 0 saturated heterocycles. The second-order valence-electron chi connectivity index (χ2n) is 10.5. The fraction of sp³-hybridized carbons (Fsp3) is 0.438. The van der Waals surface area contributed by atoms with Gasteiger partial charge in [0.25, 0.3) is 11.8 Å². The Hall–Kier alpha value is -3.76. The van der Waals surface area contributed by atoms with E-state index in [9.17, 15) is 23.5 Å². The van der Waals surface area contributed by atoms with Gasteiger partial charge >= 0.3 is 0 Å². The molecule has 2 atom stereocenters. The first kappa shape index (κ1) is 32.8. The Morgan fingerprint density at radius 1 is 0.929 bits per heavy atom. The molecule has 1 aromatic heterocycles.